The molecule has 0 aromatic rings. The molecule has 0 aliphatic rings. The summed E-state index contributed by atoms with van der Waals surface area (Å²) >= 11 is 0. The Morgan fingerprint density at radius 2 is 1.65 bits per heavy atom. The molecule has 0 radical (unpaired) electrons. The van der Waals surface area contributed by atoms with E-state index in [4.69, 9.17) is 5.11 Å². The summed E-state index contributed by atoms with van der Waals surface area (Å²) in [6.07, 6.45) is 10.7. The molecule has 0 saturated heterocycles. The summed E-state index contributed by atoms with van der Waals surface area (Å²) in [7, 11) is 0. The SMILES string of the molecule is CC/C=C\CC(O)/C=C/C(=O)C(O)CCCCCCCC(=O)O. The lowest BCUT2D eigenvalue weighted by Crippen LogP contribution is -2.18. The number of aliphatic hydroxyl groups excluding tert-OH is 2. The van der Waals surface area contributed by atoms with Crippen LogP contribution >= 0.6 is 0 Å². The standard InChI is InChI=1S/C18H30O5/c1-2-3-7-10-15(19)13-14-17(21)16(20)11-8-5-4-6-9-12-18(22)23/h3,7,13-16,19-20H,2,4-6,8-12H2,1H3,(H,22,23)/b7-3-,14-13+. The van der Waals surface area contributed by atoms with Gasteiger partial charge in [0.05, 0.1) is 6.10 Å². The van der Waals surface area contributed by atoms with Gasteiger partial charge in [-0.05, 0) is 31.8 Å². The van der Waals surface area contributed by atoms with E-state index in [0.717, 1.165) is 32.1 Å². The number of ketones is 1. The van der Waals surface area contributed by atoms with Crippen LogP contribution in [0.2, 0.25) is 0 Å². The molecule has 23 heavy (non-hydrogen) atoms. The van der Waals surface area contributed by atoms with Crippen molar-refractivity contribution in [1.29, 1.82) is 0 Å². The molecule has 0 aromatic heterocycles. The second kappa shape index (κ2) is 14.2. The van der Waals surface area contributed by atoms with E-state index < -0.39 is 18.2 Å². The van der Waals surface area contributed by atoms with Crippen molar-refractivity contribution in [3.05, 3.63) is 24.3 Å². The topological polar surface area (TPSA) is 94.8 Å². The molecule has 0 rings (SSSR count). The van der Waals surface area contributed by atoms with Crippen LogP contribution in [0.25, 0.3) is 0 Å². The average Bonchev–Trinajstić information content (AvgIpc) is 2.51. The number of carboxylic acid groups (broad SMARTS) is 1. The van der Waals surface area contributed by atoms with Gasteiger partial charge in [0.2, 0.25) is 0 Å². The summed E-state index contributed by atoms with van der Waals surface area (Å²) in [5.41, 5.74) is 0. The Labute approximate surface area is 138 Å². The number of rotatable bonds is 14. The Balaban J connectivity index is 3.76. The number of allylic oxidation sites excluding steroid dienone is 1. The second-order valence-corrected chi connectivity index (χ2v) is 5.66. The molecule has 0 aliphatic heterocycles. The molecule has 5 heteroatoms. The number of unbranched alkanes of at least 4 members (excludes halogenated alkanes) is 4. The van der Waals surface area contributed by atoms with E-state index >= 15 is 0 Å². The fourth-order valence-electron chi connectivity index (χ4n) is 2.08. The maximum absolute atomic E-state index is 11.7. The van der Waals surface area contributed by atoms with Gasteiger partial charge < -0.3 is 15.3 Å². The lowest BCUT2D eigenvalue weighted by Gasteiger charge is -2.07. The zero-order chi connectivity index (χ0) is 17.5. The van der Waals surface area contributed by atoms with Crippen molar-refractivity contribution < 1.29 is 24.9 Å². The van der Waals surface area contributed by atoms with Crippen molar-refractivity contribution in [2.24, 2.45) is 0 Å². The number of aliphatic carboxylic acids is 1. The quantitative estimate of drug-likeness (QED) is 0.259. The Hall–Kier alpha value is -1.46. The largest absolute Gasteiger partial charge is 0.481 e. The highest BCUT2D eigenvalue weighted by atomic mass is 16.4. The summed E-state index contributed by atoms with van der Waals surface area (Å²) in [5.74, 6) is -1.15. The van der Waals surface area contributed by atoms with E-state index in [1.165, 1.54) is 12.2 Å². The van der Waals surface area contributed by atoms with Crippen molar-refractivity contribution in [1.82, 2.24) is 0 Å². The van der Waals surface area contributed by atoms with Crippen LogP contribution < -0.4 is 0 Å². The smallest absolute Gasteiger partial charge is 0.303 e. The molecular weight excluding hydrogens is 296 g/mol. The van der Waals surface area contributed by atoms with Gasteiger partial charge in [-0.3, -0.25) is 9.59 Å². The van der Waals surface area contributed by atoms with Crippen molar-refractivity contribution in [2.75, 3.05) is 0 Å². The first-order chi connectivity index (χ1) is 11.0. The molecule has 0 aromatic carbocycles. The van der Waals surface area contributed by atoms with Crippen LogP contribution in [-0.4, -0.2) is 39.3 Å². The minimum absolute atomic E-state index is 0.196. The lowest BCUT2D eigenvalue weighted by molar-refractivity contribution is -0.137. The number of carbonyl (C=O) groups excluding carboxylic acids is 1. The molecule has 0 bridgehead atoms. The zero-order valence-electron chi connectivity index (χ0n) is 14.0. The van der Waals surface area contributed by atoms with Gasteiger partial charge in [0, 0.05) is 6.42 Å². The van der Waals surface area contributed by atoms with Crippen molar-refractivity contribution in [2.45, 2.75) is 76.9 Å². The van der Waals surface area contributed by atoms with Gasteiger partial charge in [-0.1, -0.05) is 50.8 Å². The fourth-order valence-corrected chi connectivity index (χ4v) is 2.08. The fraction of sp³-hybridized carbons (Fsp3) is 0.667. The maximum Gasteiger partial charge on any atom is 0.303 e. The highest BCUT2D eigenvalue weighted by Gasteiger charge is 2.11. The van der Waals surface area contributed by atoms with E-state index in [9.17, 15) is 19.8 Å². The van der Waals surface area contributed by atoms with Crippen LogP contribution in [0.1, 0.15) is 64.7 Å². The molecule has 2 atom stereocenters. The zero-order valence-corrected chi connectivity index (χ0v) is 14.0. The average molecular weight is 326 g/mol. The highest BCUT2D eigenvalue weighted by molar-refractivity contribution is 5.93. The third-order valence-corrected chi connectivity index (χ3v) is 3.46. The van der Waals surface area contributed by atoms with E-state index in [2.05, 4.69) is 0 Å². The van der Waals surface area contributed by atoms with Crippen molar-refractivity contribution >= 4 is 11.8 Å². The first-order valence-electron chi connectivity index (χ1n) is 8.42. The molecule has 0 fully saturated rings. The normalized spacial score (nSPS) is 14.4. The van der Waals surface area contributed by atoms with Crippen molar-refractivity contribution in [3.63, 3.8) is 0 Å². The Kier molecular flexibility index (Phi) is 13.3. The molecule has 0 spiro atoms. The monoisotopic (exact) mass is 326 g/mol. The van der Waals surface area contributed by atoms with Gasteiger partial charge in [0.25, 0.3) is 0 Å². The van der Waals surface area contributed by atoms with Crippen molar-refractivity contribution in [3.8, 4) is 0 Å². The van der Waals surface area contributed by atoms with Crippen LogP contribution in [-0.2, 0) is 9.59 Å². The van der Waals surface area contributed by atoms with Gasteiger partial charge in [-0.25, -0.2) is 0 Å². The minimum Gasteiger partial charge on any atom is -0.481 e. The lowest BCUT2D eigenvalue weighted by atomic mass is 10.0. The summed E-state index contributed by atoms with van der Waals surface area (Å²) in [5, 5.41) is 27.9. The number of hydrogen-bond donors (Lipinski definition) is 3. The first-order valence-corrected chi connectivity index (χ1v) is 8.42. The van der Waals surface area contributed by atoms with Gasteiger partial charge in [-0.15, -0.1) is 0 Å². The molecule has 132 valence electrons. The van der Waals surface area contributed by atoms with Crippen LogP contribution in [0.15, 0.2) is 24.3 Å². The summed E-state index contributed by atoms with van der Waals surface area (Å²) in [6.45, 7) is 2.00. The summed E-state index contributed by atoms with van der Waals surface area (Å²) < 4.78 is 0. The van der Waals surface area contributed by atoms with Crippen LogP contribution in [0.3, 0.4) is 0 Å². The first kappa shape index (κ1) is 21.5. The van der Waals surface area contributed by atoms with E-state index in [0.29, 0.717) is 19.3 Å². The molecule has 0 heterocycles. The second-order valence-electron chi connectivity index (χ2n) is 5.66. The number of carboxylic acids is 1. The van der Waals surface area contributed by atoms with Gasteiger partial charge in [-0.2, -0.15) is 0 Å². The predicted octanol–water partition coefficient (Wildman–Crippen LogP) is 3.01. The Morgan fingerprint density at radius 3 is 2.30 bits per heavy atom. The van der Waals surface area contributed by atoms with E-state index in [1.807, 2.05) is 19.1 Å². The summed E-state index contributed by atoms with van der Waals surface area (Å²) in [6, 6.07) is 0. The van der Waals surface area contributed by atoms with Gasteiger partial charge in [0.1, 0.15) is 6.10 Å². The molecule has 0 saturated carbocycles. The molecule has 3 N–H and O–H groups in total. The van der Waals surface area contributed by atoms with Crippen LogP contribution in [0.4, 0.5) is 0 Å². The van der Waals surface area contributed by atoms with Crippen LogP contribution in [0.5, 0.6) is 0 Å². The van der Waals surface area contributed by atoms with Gasteiger partial charge in [0.15, 0.2) is 5.78 Å². The number of carbonyl (C=O) groups is 2. The number of aliphatic hydroxyl groups is 2. The maximum atomic E-state index is 11.7. The molecule has 0 aliphatic carbocycles. The molecule has 0 amide bonds. The summed E-state index contributed by atoms with van der Waals surface area (Å²) in [4.78, 5) is 22.0. The molecule has 2 unspecified atom stereocenters. The highest BCUT2D eigenvalue weighted by Crippen LogP contribution is 2.10. The third kappa shape index (κ3) is 13.9. The third-order valence-electron chi connectivity index (χ3n) is 3.46. The molecule has 5 nitrogen and oxygen atoms in total. The minimum atomic E-state index is -1.02. The van der Waals surface area contributed by atoms with Crippen LogP contribution in [0, 0.1) is 0 Å². The Morgan fingerprint density at radius 1 is 1.00 bits per heavy atom. The van der Waals surface area contributed by atoms with E-state index in [1.54, 1.807) is 0 Å². The Bertz CT molecular complexity index is 387. The van der Waals surface area contributed by atoms with E-state index in [-0.39, 0.29) is 12.2 Å². The number of hydrogen-bond acceptors (Lipinski definition) is 4. The van der Waals surface area contributed by atoms with Gasteiger partial charge >= 0.3 is 5.97 Å². The predicted molar refractivity (Wildman–Crippen MR) is 90.2 cm³/mol. The molecular formula is C18H30O5.